The second-order valence-corrected chi connectivity index (χ2v) is 11.5. The van der Waals surface area contributed by atoms with Gasteiger partial charge in [0.25, 0.3) is 0 Å². The molecule has 0 saturated carbocycles. The maximum absolute atomic E-state index is 14.5. The zero-order valence-corrected chi connectivity index (χ0v) is 24.4. The average Bonchev–Trinajstić information content (AvgIpc) is 2.98. The maximum Gasteiger partial charge on any atom is 0.337 e. The lowest BCUT2D eigenvalue weighted by Crippen LogP contribution is -2.59. The van der Waals surface area contributed by atoms with E-state index in [9.17, 15) is 14.4 Å². The van der Waals surface area contributed by atoms with E-state index in [1.807, 2.05) is 81.4 Å². The van der Waals surface area contributed by atoms with Crippen LogP contribution >= 0.6 is 0 Å². The Bertz CT molecular complexity index is 1400. The Morgan fingerprint density at radius 2 is 1.59 bits per heavy atom. The number of hydrogen-bond acceptors (Lipinski definition) is 6. The molecule has 216 valence electrons. The minimum Gasteiger partial charge on any atom is -0.497 e. The van der Waals surface area contributed by atoms with Gasteiger partial charge in [0.05, 0.1) is 25.8 Å². The molecule has 41 heavy (non-hydrogen) atoms. The van der Waals surface area contributed by atoms with Crippen molar-refractivity contribution in [3.8, 4) is 5.75 Å². The molecule has 0 fully saturated rings. The first-order chi connectivity index (χ1) is 19.5. The molecule has 8 nitrogen and oxygen atoms in total. The van der Waals surface area contributed by atoms with Crippen LogP contribution in [0.25, 0.3) is 0 Å². The fourth-order valence-corrected chi connectivity index (χ4v) is 5.02. The van der Waals surface area contributed by atoms with E-state index in [1.165, 1.54) is 7.11 Å². The highest BCUT2D eigenvalue weighted by Gasteiger charge is 2.41. The number of ether oxygens (including phenoxy) is 2. The molecule has 2 unspecified atom stereocenters. The molecule has 0 spiro atoms. The number of nitrogens with two attached hydrogens (primary N) is 1. The van der Waals surface area contributed by atoms with Crippen molar-refractivity contribution in [2.45, 2.75) is 58.9 Å². The first-order valence-corrected chi connectivity index (χ1v) is 13.7. The van der Waals surface area contributed by atoms with Crippen molar-refractivity contribution < 1.29 is 23.9 Å². The predicted molar refractivity (Wildman–Crippen MR) is 157 cm³/mol. The minimum absolute atomic E-state index is 0.172. The van der Waals surface area contributed by atoms with Crippen molar-refractivity contribution in [1.82, 2.24) is 9.80 Å². The van der Waals surface area contributed by atoms with Gasteiger partial charge in [-0.15, -0.1) is 0 Å². The van der Waals surface area contributed by atoms with Crippen molar-refractivity contribution in [3.63, 3.8) is 0 Å². The number of fused-ring (bicyclic) bond motifs is 1. The number of rotatable bonds is 8. The summed E-state index contributed by atoms with van der Waals surface area (Å²) in [5.74, 6) is -0.147. The second kappa shape index (κ2) is 12.6. The van der Waals surface area contributed by atoms with Crippen LogP contribution in [0.5, 0.6) is 5.75 Å². The number of nitrogens with zero attached hydrogens (tertiary/aromatic N) is 2. The highest BCUT2D eigenvalue weighted by Crippen LogP contribution is 2.29. The van der Waals surface area contributed by atoms with Crippen molar-refractivity contribution in [2.75, 3.05) is 14.2 Å². The summed E-state index contributed by atoms with van der Waals surface area (Å²) < 4.78 is 10.2. The van der Waals surface area contributed by atoms with Gasteiger partial charge in [-0.2, -0.15) is 0 Å². The van der Waals surface area contributed by atoms with Gasteiger partial charge in [0.1, 0.15) is 11.8 Å². The molecular weight excluding hydrogens is 518 g/mol. The zero-order chi connectivity index (χ0) is 29.7. The summed E-state index contributed by atoms with van der Waals surface area (Å²) >= 11 is 0. The molecule has 1 aliphatic rings. The Labute approximate surface area is 242 Å². The summed E-state index contributed by atoms with van der Waals surface area (Å²) in [7, 11) is 2.94. The molecule has 3 aromatic carbocycles. The minimum atomic E-state index is -0.763. The second-order valence-electron chi connectivity index (χ2n) is 11.5. The van der Waals surface area contributed by atoms with E-state index in [4.69, 9.17) is 15.2 Å². The van der Waals surface area contributed by atoms with Crippen LogP contribution in [0.4, 0.5) is 0 Å². The van der Waals surface area contributed by atoms with Crippen LogP contribution in [0.1, 0.15) is 53.4 Å². The molecule has 2 amide bonds. The van der Waals surface area contributed by atoms with Gasteiger partial charge in [0, 0.05) is 26.1 Å². The van der Waals surface area contributed by atoms with E-state index < -0.39 is 23.5 Å². The molecule has 4 rings (SSSR count). The third-order valence-electron chi connectivity index (χ3n) is 7.58. The molecule has 2 atom stereocenters. The van der Waals surface area contributed by atoms with Gasteiger partial charge < -0.3 is 25.0 Å². The predicted octanol–water partition coefficient (Wildman–Crippen LogP) is 4.34. The van der Waals surface area contributed by atoms with Gasteiger partial charge in [-0.05, 0) is 51.9 Å². The van der Waals surface area contributed by atoms with E-state index >= 15 is 0 Å². The third kappa shape index (κ3) is 6.95. The lowest BCUT2D eigenvalue weighted by Gasteiger charge is -2.41. The number of esters is 1. The fourth-order valence-electron chi connectivity index (χ4n) is 5.02. The van der Waals surface area contributed by atoms with Crippen LogP contribution in [0, 0.1) is 5.41 Å². The number of amides is 2. The van der Waals surface area contributed by atoms with E-state index in [0.717, 1.165) is 22.3 Å². The number of hydrogen-bond donors (Lipinski definition) is 1. The standard InChI is InChI=1S/C33H39N3O5/c1-33(2,3)29(34)31(38)36-21-26-11-7-6-10-25(26)18-28(36)30(37)35(20-23-9-8-12-27(17-23)40-4)19-22-13-15-24(16-14-22)32(39)41-5/h6-17,28-29H,18-21,34H2,1-5H3. The lowest BCUT2D eigenvalue weighted by atomic mass is 9.85. The quantitative estimate of drug-likeness (QED) is 0.414. The number of benzene rings is 3. The van der Waals surface area contributed by atoms with Crippen molar-refractivity contribution in [1.29, 1.82) is 0 Å². The summed E-state index contributed by atoms with van der Waals surface area (Å²) in [5.41, 5.74) is 10.2. The molecule has 0 aliphatic carbocycles. The Balaban J connectivity index is 1.71. The first kappa shape index (κ1) is 29.8. The summed E-state index contributed by atoms with van der Waals surface area (Å²) in [4.78, 5) is 43.6. The van der Waals surface area contributed by atoms with Gasteiger partial charge in [-0.1, -0.05) is 69.3 Å². The molecule has 0 aromatic heterocycles. The molecule has 0 bridgehead atoms. The summed E-state index contributed by atoms with van der Waals surface area (Å²) in [5, 5.41) is 0. The van der Waals surface area contributed by atoms with Crippen molar-refractivity contribution in [3.05, 3.63) is 101 Å². The van der Waals surface area contributed by atoms with Crippen molar-refractivity contribution >= 4 is 17.8 Å². The van der Waals surface area contributed by atoms with E-state index in [1.54, 1.807) is 29.0 Å². The molecule has 8 heteroatoms. The average molecular weight is 558 g/mol. The SMILES string of the molecule is COC(=O)c1ccc(CN(Cc2cccc(OC)c2)C(=O)C2Cc3ccccc3CN2C(=O)C(N)C(C)(C)C)cc1. The number of methoxy groups -OCH3 is 2. The largest absolute Gasteiger partial charge is 0.497 e. The van der Waals surface area contributed by atoms with E-state index in [-0.39, 0.29) is 18.4 Å². The summed E-state index contributed by atoms with van der Waals surface area (Å²) in [6.07, 6.45) is 0.396. The van der Waals surface area contributed by atoms with Crippen LogP contribution in [-0.2, 0) is 40.4 Å². The van der Waals surface area contributed by atoms with Crippen molar-refractivity contribution in [2.24, 2.45) is 11.1 Å². The van der Waals surface area contributed by atoms with E-state index in [2.05, 4.69) is 0 Å². The highest BCUT2D eigenvalue weighted by molar-refractivity contribution is 5.91. The Hall–Kier alpha value is -4.17. The molecular formula is C33H39N3O5. The smallest absolute Gasteiger partial charge is 0.337 e. The van der Waals surface area contributed by atoms with Crippen LogP contribution in [0.15, 0.2) is 72.8 Å². The normalized spacial score (nSPS) is 15.5. The molecule has 1 heterocycles. The lowest BCUT2D eigenvalue weighted by molar-refractivity contribution is -0.150. The van der Waals surface area contributed by atoms with Gasteiger partial charge in [0.15, 0.2) is 0 Å². The van der Waals surface area contributed by atoms with Gasteiger partial charge >= 0.3 is 5.97 Å². The van der Waals surface area contributed by atoms with Gasteiger partial charge in [-0.25, -0.2) is 4.79 Å². The molecule has 0 radical (unpaired) electrons. The number of carbonyl (C=O) groups is 3. The first-order valence-electron chi connectivity index (χ1n) is 13.7. The molecule has 0 saturated heterocycles. The molecule has 2 N–H and O–H groups in total. The summed E-state index contributed by atoms with van der Waals surface area (Å²) in [6.45, 7) is 6.69. The Morgan fingerprint density at radius 3 is 2.22 bits per heavy atom. The highest BCUT2D eigenvalue weighted by atomic mass is 16.5. The fraction of sp³-hybridized carbons (Fsp3) is 0.364. The maximum atomic E-state index is 14.5. The Morgan fingerprint density at radius 1 is 0.927 bits per heavy atom. The van der Waals surface area contributed by atoms with Crippen LogP contribution < -0.4 is 10.5 Å². The van der Waals surface area contributed by atoms with Gasteiger partial charge in [0.2, 0.25) is 11.8 Å². The van der Waals surface area contributed by atoms with Gasteiger partial charge in [-0.3, -0.25) is 9.59 Å². The molecule has 3 aromatic rings. The zero-order valence-electron chi connectivity index (χ0n) is 24.4. The molecule has 1 aliphatic heterocycles. The number of carbonyl (C=O) groups excluding carboxylic acids is 3. The Kier molecular flexibility index (Phi) is 9.13. The third-order valence-corrected chi connectivity index (χ3v) is 7.58. The van der Waals surface area contributed by atoms with Crippen LogP contribution in [0.3, 0.4) is 0 Å². The summed E-state index contributed by atoms with van der Waals surface area (Å²) in [6, 6.07) is 21.0. The topological polar surface area (TPSA) is 102 Å². The monoisotopic (exact) mass is 557 g/mol. The van der Waals surface area contributed by atoms with E-state index in [0.29, 0.717) is 30.8 Å². The van der Waals surface area contributed by atoms with Crippen LogP contribution in [-0.4, -0.2) is 53.9 Å². The van der Waals surface area contributed by atoms with Crippen LogP contribution in [0.2, 0.25) is 0 Å².